The van der Waals surface area contributed by atoms with Crippen LogP contribution < -0.4 is 10.1 Å². The molecule has 0 saturated carbocycles. The first-order valence-corrected chi connectivity index (χ1v) is 9.91. The number of benzene rings is 2. The van der Waals surface area contributed by atoms with Gasteiger partial charge in [-0.25, -0.2) is 0 Å². The first-order chi connectivity index (χ1) is 13.5. The fourth-order valence-corrected chi connectivity index (χ4v) is 3.73. The Balaban J connectivity index is 1.63. The number of hydrogen-bond acceptors (Lipinski definition) is 4. The fraction of sp³-hybridized carbons (Fsp3) is 0.391. The molecular formula is C23H28N2O3. The molecule has 0 radical (unpaired) electrons. The Morgan fingerprint density at radius 3 is 2.57 bits per heavy atom. The Morgan fingerprint density at radius 1 is 1.11 bits per heavy atom. The highest BCUT2D eigenvalue weighted by molar-refractivity contribution is 6.04. The summed E-state index contributed by atoms with van der Waals surface area (Å²) >= 11 is 0. The molecule has 1 saturated heterocycles. The maximum absolute atomic E-state index is 12.6. The molecule has 1 heterocycles. The molecule has 1 atom stereocenters. The summed E-state index contributed by atoms with van der Waals surface area (Å²) < 4.78 is 5.01. The van der Waals surface area contributed by atoms with E-state index in [0.717, 1.165) is 24.1 Å². The maximum atomic E-state index is 12.6. The average Bonchev–Trinajstić information content (AvgIpc) is 2.68. The summed E-state index contributed by atoms with van der Waals surface area (Å²) in [6.07, 6.45) is 5.88. The van der Waals surface area contributed by atoms with Gasteiger partial charge in [0.1, 0.15) is 5.75 Å². The van der Waals surface area contributed by atoms with Gasteiger partial charge < -0.3 is 15.0 Å². The van der Waals surface area contributed by atoms with Gasteiger partial charge in [-0.2, -0.15) is 0 Å². The number of amides is 1. The van der Waals surface area contributed by atoms with Gasteiger partial charge in [0.2, 0.25) is 0 Å². The van der Waals surface area contributed by atoms with E-state index in [0.29, 0.717) is 17.4 Å². The zero-order chi connectivity index (χ0) is 19.9. The van der Waals surface area contributed by atoms with Crippen LogP contribution in [0.3, 0.4) is 0 Å². The number of hydrogen-bond donors (Lipinski definition) is 1. The minimum atomic E-state index is -0.380. The van der Waals surface area contributed by atoms with Crippen LogP contribution in [0.5, 0.6) is 5.75 Å². The Labute approximate surface area is 166 Å². The van der Waals surface area contributed by atoms with E-state index in [1.807, 2.05) is 18.2 Å². The molecule has 28 heavy (non-hydrogen) atoms. The van der Waals surface area contributed by atoms with E-state index in [2.05, 4.69) is 23.3 Å². The Morgan fingerprint density at radius 2 is 1.86 bits per heavy atom. The van der Waals surface area contributed by atoms with Crippen molar-refractivity contribution >= 4 is 17.6 Å². The van der Waals surface area contributed by atoms with E-state index in [1.54, 1.807) is 24.3 Å². The molecule has 5 heteroatoms. The predicted octanol–water partition coefficient (Wildman–Crippen LogP) is 4.28. The van der Waals surface area contributed by atoms with Gasteiger partial charge in [0.15, 0.2) is 0 Å². The van der Waals surface area contributed by atoms with E-state index in [9.17, 15) is 9.59 Å². The second-order valence-electron chi connectivity index (χ2n) is 7.40. The highest BCUT2D eigenvalue weighted by Crippen LogP contribution is 2.23. The highest BCUT2D eigenvalue weighted by atomic mass is 16.5. The van der Waals surface area contributed by atoms with Crippen molar-refractivity contribution in [2.45, 2.75) is 45.1 Å². The monoisotopic (exact) mass is 380 g/mol. The third kappa shape index (κ3) is 5.42. The average molecular weight is 380 g/mol. The van der Waals surface area contributed by atoms with Crippen molar-refractivity contribution in [2.24, 2.45) is 0 Å². The summed E-state index contributed by atoms with van der Waals surface area (Å²) in [5.74, 6) is -0.118. The van der Waals surface area contributed by atoms with Crippen LogP contribution in [0.2, 0.25) is 0 Å². The van der Waals surface area contributed by atoms with Crippen LogP contribution in [-0.4, -0.2) is 36.4 Å². The number of aryl methyl sites for hydroxylation is 1. The van der Waals surface area contributed by atoms with Crippen molar-refractivity contribution in [3.8, 4) is 5.75 Å². The molecule has 2 aromatic carbocycles. The summed E-state index contributed by atoms with van der Waals surface area (Å²) in [6, 6.07) is 15.2. The van der Waals surface area contributed by atoms with Crippen molar-refractivity contribution in [3.63, 3.8) is 0 Å². The third-order valence-electron chi connectivity index (χ3n) is 5.31. The van der Waals surface area contributed by atoms with Crippen LogP contribution in [0.25, 0.3) is 0 Å². The lowest BCUT2D eigenvalue weighted by molar-refractivity contribution is -0.131. The zero-order valence-corrected chi connectivity index (χ0v) is 16.6. The van der Waals surface area contributed by atoms with Crippen molar-refractivity contribution in [1.29, 1.82) is 0 Å². The number of likely N-dealkylation sites (tertiary alicyclic amines) is 1. The van der Waals surface area contributed by atoms with Crippen molar-refractivity contribution in [2.75, 3.05) is 18.9 Å². The third-order valence-corrected chi connectivity index (χ3v) is 5.31. The first-order valence-electron chi connectivity index (χ1n) is 9.91. The van der Waals surface area contributed by atoms with Crippen LogP contribution in [0.1, 0.15) is 48.5 Å². The topological polar surface area (TPSA) is 58.6 Å². The lowest BCUT2D eigenvalue weighted by atomic mass is 9.96. The summed E-state index contributed by atoms with van der Waals surface area (Å²) in [4.78, 5) is 26.1. The minimum Gasteiger partial charge on any atom is -0.427 e. The molecule has 5 nitrogen and oxygen atoms in total. The van der Waals surface area contributed by atoms with Gasteiger partial charge in [0, 0.05) is 24.2 Å². The molecule has 0 aromatic heterocycles. The Bertz CT molecular complexity index is 817. The molecule has 1 N–H and O–H groups in total. The summed E-state index contributed by atoms with van der Waals surface area (Å²) in [5, 5.41) is 3.03. The molecule has 0 spiro atoms. The second kappa shape index (κ2) is 9.51. The number of carbonyl (C=O) groups excluding carboxylic acids is 2. The normalized spacial score (nSPS) is 17.1. The summed E-state index contributed by atoms with van der Waals surface area (Å²) in [6.45, 7) is 2.52. The van der Waals surface area contributed by atoms with Crippen LogP contribution in [-0.2, 0) is 11.2 Å². The number of carbonyl (C=O) groups is 2. The van der Waals surface area contributed by atoms with Crippen LogP contribution in [0.4, 0.5) is 5.69 Å². The van der Waals surface area contributed by atoms with Gasteiger partial charge in [0.25, 0.3) is 5.91 Å². The van der Waals surface area contributed by atoms with E-state index < -0.39 is 0 Å². The van der Waals surface area contributed by atoms with Crippen molar-refractivity contribution in [3.05, 3.63) is 59.7 Å². The van der Waals surface area contributed by atoms with Crippen LogP contribution in [0, 0.1) is 0 Å². The van der Waals surface area contributed by atoms with Gasteiger partial charge in [-0.1, -0.05) is 24.6 Å². The first kappa shape index (κ1) is 20.1. The summed E-state index contributed by atoms with van der Waals surface area (Å²) in [5.41, 5.74) is 2.54. The number of ether oxygens (including phenoxy) is 1. The van der Waals surface area contributed by atoms with Gasteiger partial charge in [-0.3, -0.25) is 9.59 Å². The number of para-hydroxylation sites is 1. The highest BCUT2D eigenvalue weighted by Gasteiger charge is 2.19. The number of rotatable bonds is 6. The number of anilines is 1. The molecular weight excluding hydrogens is 352 g/mol. The molecule has 1 fully saturated rings. The number of piperidine rings is 1. The number of esters is 1. The predicted molar refractivity (Wildman–Crippen MR) is 111 cm³/mol. The van der Waals surface area contributed by atoms with Gasteiger partial charge in [-0.15, -0.1) is 0 Å². The lowest BCUT2D eigenvalue weighted by Crippen LogP contribution is -2.36. The molecule has 0 aliphatic carbocycles. The quantitative estimate of drug-likeness (QED) is 0.600. The molecule has 1 aliphatic heterocycles. The van der Waals surface area contributed by atoms with Crippen LogP contribution in [0.15, 0.2) is 48.5 Å². The fourth-order valence-electron chi connectivity index (χ4n) is 3.73. The summed E-state index contributed by atoms with van der Waals surface area (Å²) in [7, 11) is 2.21. The van der Waals surface area contributed by atoms with Gasteiger partial charge in [0.05, 0.1) is 0 Å². The standard InChI is InChI=1S/C23H28N2O3/c1-17(26)28-21-14-11-19(12-15-21)23(27)24-22-9-4-3-7-18(22)10-13-20-8-5-6-16-25(20)2/h3-4,7,9,11-12,14-15,20H,5-6,8,10,13,16H2,1-2H3,(H,24,27). The Hall–Kier alpha value is -2.66. The second-order valence-corrected chi connectivity index (χ2v) is 7.40. The van der Waals surface area contributed by atoms with E-state index in [-0.39, 0.29) is 11.9 Å². The van der Waals surface area contributed by atoms with Gasteiger partial charge in [-0.05, 0) is 75.2 Å². The molecule has 2 aromatic rings. The molecule has 1 unspecified atom stereocenters. The van der Waals surface area contributed by atoms with Gasteiger partial charge >= 0.3 is 5.97 Å². The van der Waals surface area contributed by atoms with Crippen molar-refractivity contribution < 1.29 is 14.3 Å². The van der Waals surface area contributed by atoms with Crippen molar-refractivity contribution in [1.82, 2.24) is 4.90 Å². The zero-order valence-electron chi connectivity index (χ0n) is 16.6. The smallest absolute Gasteiger partial charge is 0.308 e. The van der Waals surface area contributed by atoms with Crippen LogP contribution >= 0.6 is 0 Å². The van der Waals surface area contributed by atoms with E-state index >= 15 is 0 Å². The number of nitrogens with zero attached hydrogens (tertiary/aromatic N) is 1. The van der Waals surface area contributed by atoms with E-state index in [1.165, 1.54) is 32.7 Å². The van der Waals surface area contributed by atoms with E-state index in [4.69, 9.17) is 4.74 Å². The number of nitrogens with one attached hydrogen (secondary N) is 1. The maximum Gasteiger partial charge on any atom is 0.308 e. The Kier molecular flexibility index (Phi) is 6.82. The largest absolute Gasteiger partial charge is 0.427 e. The molecule has 148 valence electrons. The molecule has 0 bridgehead atoms. The molecule has 1 amide bonds. The molecule has 1 aliphatic rings. The lowest BCUT2D eigenvalue weighted by Gasteiger charge is -2.32. The molecule has 3 rings (SSSR count). The SMILES string of the molecule is CC(=O)Oc1ccc(C(=O)Nc2ccccc2CCC2CCCCN2C)cc1. The minimum absolute atomic E-state index is 0.170.